The Morgan fingerprint density at radius 2 is 2.21 bits per heavy atom. The van der Waals surface area contributed by atoms with Crippen LogP contribution < -0.4 is 5.32 Å². The third-order valence-corrected chi connectivity index (χ3v) is 4.72. The fraction of sp³-hybridized carbons (Fsp3) is 0.368. The Kier molecular flexibility index (Phi) is 4.96. The highest BCUT2D eigenvalue weighted by Gasteiger charge is 2.25. The summed E-state index contributed by atoms with van der Waals surface area (Å²) in [7, 11) is 0. The molecule has 0 saturated carbocycles. The minimum Gasteiger partial charge on any atom is -0.365 e. The number of amides is 1. The highest BCUT2D eigenvalue weighted by atomic mass is 16.2. The Labute approximate surface area is 162 Å². The standard InChI is InChI=1S/C19H22N8O/c1-13(9-27-12-20-11-22-27)23-18-15-6-8-26(14(2)28)10-17(15)24-19(25-18)16-5-3-4-7-21-16/h3-5,7,11-13H,6,8-10H2,1-2H3,(H,23,24,25). The Bertz CT molecular complexity index is 958. The Hall–Kier alpha value is -3.36. The smallest absolute Gasteiger partial charge is 0.219 e. The van der Waals surface area contributed by atoms with Crippen molar-refractivity contribution in [3.63, 3.8) is 0 Å². The molecule has 1 N–H and O–H groups in total. The summed E-state index contributed by atoms with van der Waals surface area (Å²) in [6, 6.07) is 5.74. The summed E-state index contributed by atoms with van der Waals surface area (Å²) in [6.07, 6.45) is 5.66. The van der Waals surface area contributed by atoms with Gasteiger partial charge in [-0.05, 0) is 25.5 Å². The molecule has 0 radical (unpaired) electrons. The molecule has 0 aromatic carbocycles. The van der Waals surface area contributed by atoms with Crippen LogP contribution in [0.5, 0.6) is 0 Å². The molecular weight excluding hydrogens is 356 g/mol. The largest absolute Gasteiger partial charge is 0.365 e. The number of carbonyl (C=O) groups is 1. The van der Waals surface area contributed by atoms with Crippen LogP contribution >= 0.6 is 0 Å². The van der Waals surface area contributed by atoms with E-state index in [1.54, 1.807) is 29.0 Å². The van der Waals surface area contributed by atoms with Gasteiger partial charge in [-0.25, -0.2) is 15.0 Å². The van der Waals surface area contributed by atoms with Crippen molar-refractivity contribution in [1.29, 1.82) is 0 Å². The van der Waals surface area contributed by atoms with Gasteiger partial charge in [0.25, 0.3) is 0 Å². The van der Waals surface area contributed by atoms with Crippen molar-refractivity contribution in [2.24, 2.45) is 0 Å². The van der Waals surface area contributed by atoms with Gasteiger partial charge in [0.05, 0.1) is 18.8 Å². The first-order valence-electron chi connectivity index (χ1n) is 9.26. The lowest BCUT2D eigenvalue weighted by Crippen LogP contribution is -2.36. The highest BCUT2D eigenvalue weighted by Crippen LogP contribution is 2.27. The molecule has 4 heterocycles. The van der Waals surface area contributed by atoms with E-state index in [-0.39, 0.29) is 11.9 Å². The van der Waals surface area contributed by atoms with Crippen LogP contribution in [0.4, 0.5) is 5.82 Å². The quantitative estimate of drug-likeness (QED) is 0.718. The number of pyridine rings is 1. The van der Waals surface area contributed by atoms with Crippen molar-refractivity contribution in [2.45, 2.75) is 39.4 Å². The molecule has 3 aromatic rings. The minimum atomic E-state index is 0.0534. The molecule has 0 bridgehead atoms. The van der Waals surface area contributed by atoms with Gasteiger partial charge in [0.1, 0.15) is 24.2 Å². The van der Waals surface area contributed by atoms with Gasteiger partial charge in [0.2, 0.25) is 5.91 Å². The molecule has 144 valence electrons. The number of aromatic nitrogens is 6. The molecular formula is C19H22N8O. The first kappa shape index (κ1) is 18.0. The van der Waals surface area contributed by atoms with Crippen LogP contribution in [0.2, 0.25) is 0 Å². The highest BCUT2D eigenvalue weighted by molar-refractivity contribution is 5.74. The monoisotopic (exact) mass is 378 g/mol. The second-order valence-corrected chi connectivity index (χ2v) is 6.89. The van der Waals surface area contributed by atoms with E-state index in [0.717, 1.165) is 23.5 Å². The molecule has 1 unspecified atom stereocenters. The average Bonchev–Trinajstić information content (AvgIpc) is 3.21. The second-order valence-electron chi connectivity index (χ2n) is 6.89. The van der Waals surface area contributed by atoms with E-state index in [9.17, 15) is 4.79 Å². The van der Waals surface area contributed by atoms with Gasteiger partial charge in [-0.1, -0.05) is 6.07 Å². The zero-order valence-corrected chi connectivity index (χ0v) is 15.9. The van der Waals surface area contributed by atoms with E-state index in [1.807, 2.05) is 18.2 Å². The first-order chi connectivity index (χ1) is 13.6. The summed E-state index contributed by atoms with van der Waals surface area (Å²) in [5.74, 6) is 1.40. The molecule has 0 saturated heterocycles. The predicted octanol–water partition coefficient (Wildman–Crippen LogP) is 1.54. The zero-order valence-electron chi connectivity index (χ0n) is 15.9. The van der Waals surface area contributed by atoms with Crippen LogP contribution in [0.15, 0.2) is 37.1 Å². The predicted molar refractivity (Wildman–Crippen MR) is 103 cm³/mol. The van der Waals surface area contributed by atoms with E-state index >= 15 is 0 Å². The topological polar surface area (TPSA) is 102 Å². The van der Waals surface area contributed by atoms with E-state index < -0.39 is 0 Å². The van der Waals surface area contributed by atoms with Gasteiger partial charge in [0.15, 0.2) is 5.82 Å². The Morgan fingerprint density at radius 3 is 2.93 bits per heavy atom. The first-order valence-corrected chi connectivity index (χ1v) is 9.26. The van der Waals surface area contributed by atoms with Gasteiger partial charge in [0, 0.05) is 31.3 Å². The maximum absolute atomic E-state index is 11.8. The van der Waals surface area contributed by atoms with E-state index in [0.29, 0.717) is 31.2 Å². The van der Waals surface area contributed by atoms with E-state index in [1.165, 1.54) is 6.33 Å². The van der Waals surface area contributed by atoms with Crippen LogP contribution in [-0.2, 0) is 24.3 Å². The van der Waals surface area contributed by atoms with Gasteiger partial charge < -0.3 is 10.2 Å². The van der Waals surface area contributed by atoms with Crippen LogP contribution in [0.25, 0.3) is 11.5 Å². The van der Waals surface area contributed by atoms with Crippen molar-refractivity contribution in [2.75, 3.05) is 11.9 Å². The number of nitrogens with zero attached hydrogens (tertiary/aromatic N) is 7. The number of hydrogen-bond donors (Lipinski definition) is 1. The third kappa shape index (κ3) is 3.83. The average molecular weight is 378 g/mol. The molecule has 4 rings (SSSR count). The SMILES string of the molecule is CC(=O)N1CCc2c(nc(-c3ccccn3)nc2NC(C)Cn2cncn2)C1. The third-order valence-electron chi connectivity index (χ3n) is 4.72. The fourth-order valence-electron chi connectivity index (χ4n) is 3.31. The molecule has 0 aliphatic carbocycles. The summed E-state index contributed by atoms with van der Waals surface area (Å²) in [6.45, 7) is 5.48. The summed E-state index contributed by atoms with van der Waals surface area (Å²) in [5.41, 5.74) is 2.63. The van der Waals surface area contributed by atoms with Crippen LogP contribution in [-0.4, -0.2) is 53.1 Å². The van der Waals surface area contributed by atoms with Gasteiger partial charge in [-0.3, -0.25) is 14.5 Å². The maximum Gasteiger partial charge on any atom is 0.219 e. The molecule has 9 heteroatoms. The maximum atomic E-state index is 11.8. The van der Waals surface area contributed by atoms with Crippen molar-refractivity contribution in [3.8, 4) is 11.5 Å². The number of carbonyl (C=O) groups excluding carboxylic acids is 1. The normalized spacial score (nSPS) is 14.4. The summed E-state index contributed by atoms with van der Waals surface area (Å²) in [4.78, 5) is 31.5. The lowest BCUT2D eigenvalue weighted by molar-refractivity contribution is -0.129. The number of fused-ring (bicyclic) bond motifs is 1. The lowest BCUT2D eigenvalue weighted by Gasteiger charge is -2.29. The number of hydrogen-bond acceptors (Lipinski definition) is 7. The molecule has 9 nitrogen and oxygen atoms in total. The van der Waals surface area contributed by atoms with Gasteiger partial charge in [-0.15, -0.1) is 0 Å². The van der Waals surface area contributed by atoms with Crippen molar-refractivity contribution in [3.05, 3.63) is 48.3 Å². The van der Waals surface area contributed by atoms with Gasteiger partial charge in [-0.2, -0.15) is 5.10 Å². The lowest BCUT2D eigenvalue weighted by atomic mass is 10.0. The molecule has 1 aliphatic rings. The second kappa shape index (κ2) is 7.71. The van der Waals surface area contributed by atoms with Crippen LogP contribution in [0.1, 0.15) is 25.1 Å². The van der Waals surface area contributed by atoms with Crippen molar-refractivity contribution >= 4 is 11.7 Å². The van der Waals surface area contributed by atoms with Crippen molar-refractivity contribution in [1.82, 2.24) is 34.6 Å². The molecule has 1 atom stereocenters. The molecule has 0 fully saturated rings. The molecule has 3 aromatic heterocycles. The Morgan fingerprint density at radius 1 is 1.32 bits per heavy atom. The summed E-state index contributed by atoms with van der Waals surface area (Å²) < 4.78 is 1.78. The summed E-state index contributed by atoms with van der Waals surface area (Å²) in [5, 5.41) is 7.65. The van der Waals surface area contributed by atoms with Gasteiger partial charge >= 0.3 is 0 Å². The zero-order chi connectivity index (χ0) is 19.5. The molecule has 0 spiro atoms. The summed E-state index contributed by atoms with van der Waals surface area (Å²) >= 11 is 0. The number of anilines is 1. The van der Waals surface area contributed by atoms with E-state index in [4.69, 9.17) is 9.97 Å². The van der Waals surface area contributed by atoms with Crippen LogP contribution in [0.3, 0.4) is 0 Å². The molecule has 1 amide bonds. The number of rotatable bonds is 5. The molecule has 1 aliphatic heterocycles. The van der Waals surface area contributed by atoms with E-state index in [2.05, 4.69) is 27.3 Å². The number of nitrogens with one attached hydrogen (secondary N) is 1. The van der Waals surface area contributed by atoms with Crippen molar-refractivity contribution < 1.29 is 4.79 Å². The fourth-order valence-corrected chi connectivity index (χ4v) is 3.31. The Balaban J connectivity index is 1.67. The minimum absolute atomic E-state index is 0.0534. The molecule has 28 heavy (non-hydrogen) atoms. The van der Waals surface area contributed by atoms with Crippen LogP contribution in [0, 0.1) is 0 Å².